The predicted octanol–water partition coefficient (Wildman–Crippen LogP) is 3.85. The molecular formula is C23H24ClN3O4S. The number of rotatable bonds is 7. The van der Waals surface area contributed by atoms with Crippen LogP contribution in [0.25, 0.3) is 11.3 Å². The number of carbonyl (C=O) groups is 1. The normalized spacial score (nSPS) is 15.1. The van der Waals surface area contributed by atoms with Crippen molar-refractivity contribution in [1.82, 2.24) is 14.2 Å². The molecule has 1 fully saturated rings. The van der Waals surface area contributed by atoms with Crippen LogP contribution in [0.2, 0.25) is 5.02 Å². The van der Waals surface area contributed by atoms with Crippen LogP contribution in [0.1, 0.15) is 18.7 Å². The highest BCUT2D eigenvalue weighted by Crippen LogP contribution is 2.22. The number of halogens is 1. The van der Waals surface area contributed by atoms with Gasteiger partial charge in [0.05, 0.1) is 11.1 Å². The van der Waals surface area contributed by atoms with Gasteiger partial charge >= 0.3 is 0 Å². The largest absolute Gasteiger partial charge is 0.441 e. The van der Waals surface area contributed by atoms with E-state index in [9.17, 15) is 13.2 Å². The Balaban J connectivity index is 1.24. The third-order valence-corrected chi connectivity index (χ3v) is 7.60. The predicted molar refractivity (Wildman–Crippen MR) is 122 cm³/mol. The third kappa shape index (κ3) is 5.20. The summed E-state index contributed by atoms with van der Waals surface area (Å²) in [6.45, 7) is 1.30. The average Bonchev–Trinajstić information content (AvgIpc) is 3.29. The number of piperazine rings is 1. The van der Waals surface area contributed by atoms with Gasteiger partial charge in [0, 0.05) is 49.6 Å². The molecule has 0 N–H and O–H groups in total. The fourth-order valence-corrected chi connectivity index (χ4v) is 5.19. The van der Waals surface area contributed by atoms with Crippen LogP contribution in [0.4, 0.5) is 0 Å². The van der Waals surface area contributed by atoms with E-state index < -0.39 is 10.0 Å². The smallest absolute Gasteiger partial charge is 0.243 e. The second-order valence-electron chi connectivity index (χ2n) is 7.58. The zero-order valence-corrected chi connectivity index (χ0v) is 19.1. The summed E-state index contributed by atoms with van der Waals surface area (Å²) >= 11 is 5.85. The minimum absolute atomic E-state index is 0.0170. The Morgan fingerprint density at radius 3 is 2.38 bits per heavy atom. The van der Waals surface area contributed by atoms with Gasteiger partial charge in [-0.05, 0) is 30.7 Å². The van der Waals surface area contributed by atoms with E-state index in [2.05, 4.69) is 4.98 Å². The topological polar surface area (TPSA) is 83.7 Å². The maximum Gasteiger partial charge on any atom is 0.243 e. The Morgan fingerprint density at radius 1 is 1.00 bits per heavy atom. The minimum atomic E-state index is -3.59. The van der Waals surface area contributed by atoms with Crippen LogP contribution < -0.4 is 0 Å². The molecular weight excluding hydrogens is 450 g/mol. The lowest BCUT2D eigenvalue weighted by Gasteiger charge is -2.34. The van der Waals surface area contributed by atoms with Gasteiger partial charge < -0.3 is 9.32 Å². The van der Waals surface area contributed by atoms with Crippen molar-refractivity contribution >= 4 is 27.5 Å². The van der Waals surface area contributed by atoms with E-state index in [4.69, 9.17) is 16.0 Å². The van der Waals surface area contributed by atoms with E-state index in [0.717, 1.165) is 5.56 Å². The number of hydrogen-bond donors (Lipinski definition) is 0. The molecule has 0 saturated carbocycles. The zero-order valence-electron chi connectivity index (χ0n) is 17.5. The molecule has 168 valence electrons. The van der Waals surface area contributed by atoms with E-state index in [1.165, 1.54) is 16.4 Å². The molecule has 3 aromatic rings. The van der Waals surface area contributed by atoms with Gasteiger partial charge in [-0.15, -0.1) is 0 Å². The van der Waals surface area contributed by atoms with E-state index in [-0.39, 0.29) is 23.9 Å². The zero-order chi connectivity index (χ0) is 22.6. The van der Waals surface area contributed by atoms with Crippen LogP contribution >= 0.6 is 11.6 Å². The van der Waals surface area contributed by atoms with Crippen LogP contribution in [-0.2, 0) is 21.2 Å². The van der Waals surface area contributed by atoms with Crippen LogP contribution in [0, 0.1) is 0 Å². The molecule has 1 amide bonds. The molecule has 0 atom stereocenters. The Kier molecular flexibility index (Phi) is 6.93. The highest BCUT2D eigenvalue weighted by atomic mass is 35.5. The van der Waals surface area contributed by atoms with E-state index in [1.807, 2.05) is 30.3 Å². The van der Waals surface area contributed by atoms with Gasteiger partial charge in [0.25, 0.3) is 0 Å². The van der Waals surface area contributed by atoms with Gasteiger partial charge in [0.15, 0.2) is 11.7 Å². The monoisotopic (exact) mass is 473 g/mol. The van der Waals surface area contributed by atoms with Gasteiger partial charge in [-0.3, -0.25) is 4.79 Å². The third-order valence-electron chi connectivity index (χ3n) is 5.44. The molecule has 9 heteroatoms. The van der Waals surface area contributed by atoms with E-state index >= 15 is 0 Å². The number of hydrogen-bond acceptors (Lipinski definition) is 5. The average molecular weight is 474 g/mol. The lowest BCUT2D eigenvalue weighted by Crippen LogP contribution is -2.50. The first-order valence-corrected chi connectivity index (χ1v) is 12.3. The number of benzene rings is 2. The first-order valence-electron chi connectivity index (χ1n) is 10.5. The SMILES string of the molecule is O=C(CCCc1ncc(-c2ccccc2)o1)N1CCN(S(=O)(=O)c2ccc(Cl)cc2)CC1. The summed E-state index contributed by atoms with van der Waals surface area (Å²) in [7, 11) is -3.59. The molecule has 0 spiro atoms. The lowest BCUT2D eigenvalue weighted by molar-refractivity contribution is -0.132. The van der Waals surface area contributed by atoms with Crippen molar-refractivity contribution in [3.05, 3.63) is 71.7 Å². The molecule has 0 unspecified atom stereocenters. The number of sulfonamides is 1. The van der Waals surface area contributed by atoms with E-state index in [0.29, 0.717) is 49.0 Å². The van der Waals surface area contributed by atoms with Crippen molar-refractivity contribution in [2.24, 2.45) is 0 Å². The molecule has 1 aliphatic rings. The first-order chi connectivity index (χ1) is 15.4. The number of aromatic nitrogens is 1. The Morgan fingerprint density at radius 2 is 1.69 bits per heavy atom. The second-order valence-corrected chi connectivity index (χ2v) is 9.95. The van der Waals surface area contributed by atoms with Crippen molar-refractivity contribution in [2.45, 2.75) is 24.2 Å². The molecule has 0 bridgehead atoms. The number of amides is 1. The standard InChI is InChI=1S/C23H24ClN3O4S/c24-19-9-11-20(12-10-19)32(29,30)27-15-13-26(14-16-27)23(28)8-4-7-22-25-17-21(31-22)18-5-2-1-3-6-18/h1-3,5-6,9-12,17H,4,7-8,13-16H2. The number of nitrogens with zero attached hydrogens (tertiary/aromatic N) is 3. The Labute approximate surface area is 192 Å². The fourth-order valence-electron chi connectivity index (χ4n) is 3.64. The second kappa shape index (κ2) is 9.85. The Hall–Kier alpha value is -2.68. The molecule has 2 heterocycles. The van der Waals surface area contributed by atoms with Gasteiger partial charge in [-0.25, -0.2) is 13.4 Å². The van der Waals surface area contributed by atoms with Crippen molar-refractivity contribution < 1.29 is 17.6 Å². The minimum Gasteiger partial charge on any atom is -0.441 e. The number of oxazole rings is 1. The van der Waals surface area contributed by atoms with Crippen molar-refractivity contribution in [3.63, 3.8) is 0 Å². The maximum absolute atomic E-state index is 12.8. The molecule has 1 aliphatic heterocycles. The van der Waals surface area contributed by atoms with Crippen LogP contribution in [0.15, 0.2) is 70.1 Å². The molecule has 7 nitrogen and oxygen atoms in total. The summed E-state index contributed by atoms with van der Waals surface area (Å²) in [5.74, 6) is 1.34. The molecule has 4 rings (SSSR count). The van der Waals surface area contributed by atoms with Gasteiger partial charge in [0.1, 0.15) is 0 Å². The van der Waals surface area contributed by atoms with Crippen LogP contribution in [0.3, 0.4) is 0 Å². The number of carbonyl (C=O) groups excluding carboxylic acids is 1. The molecule has 0 radical (unpaired) electrons. The quantitative estimate of drug-likeness (QED) is 0.520. The van der Waals surface area contributed by atoms with E-state index in [1.54, 1.807) is 23.2 Å². The summed E-state index contributed by atoms with van der Waals surface area (Å²) in [6.07, 6.45) is 3.26. The summed E-state index contributed by atoms with van der Waals surface area (Å²) in [6, 6.07) is 15.9. The van der Waals surface area contributed by atoms with Gasteiger partial charge in [-0.1, -0.05) is 41.9 Å². The lowest BCUT2D eigenvalue weighted by atomic mass is 10.2. The van der Waals surface area contributed by atoms with Crippen molar-refractivity contribution in [3.8, 4) is 11.3 Å². The van der Waals surface area contributed by atoms with Gasteiger partial charge in [0.2, 0.25) is 15.9 Å². The molecule has 1 aromatic heterocycles. The number of aryl methyl sites for hydroxylation is 1. The molecule has 0 aliphatic carbocycles. The maximum atomic E-state index is 12.8. The fraction of sp³-hybridized carbons (Fsp3) is 0.304. The molecule has 32 heavy (non-hydrogen) atoms. The highest BCUT2D eigenvalue weighted by Gasteiger charge is 2.29. The summed E-state index contributed by atoms with van der Waals surface area (Å²) in [5, 5.41) is 0.486. The first kappa shape index (κ1) is 22.5. The van der Waals surface area contributed by atoms with Crippen LogP contribution in [-0.4, -0.2) is 54.7 Å². The molecule has 2 aromatic carbocycles. The summed E-state index contributed by atoms with van der Waals surface area (Å²) in [4.78, 5) is 18.8. The highest BCUT2D eigenvalue weighted by molar-refractivity contribution is 7.89. The summed E-state index contributed by atoms with van der Waals surface area (Å²) < 4.78 is 32.7. The van der Waals surface area contributed by atoms with Crippen molar-refractivity contribution in [2.75, 3.05) is 26.2 Å². The van der Waals surface area contributed by atoms with Crippen molar-refractivity contribution in [1.29, 1.82) is 0 Å². The van der Waals surface area contributed by atoms with Crippen LogP contribution in [0.5, 0.6) is 0 Å². The molecule has 1 saturated heterocycles. The van der Waals surface area contributed by atoms with Gasteiger partial charge in [-0.2, -0.15) is 4.31 Å². The Bertz CT molecular complexity index is 1160. The summed E-state index contributed by atoms with van der Waals surface area (Å²) in [5.41, 5.74) is 0.966.